The molecule has 0 radical (unpaired) electrons. The van der Waals surface area contributed by atoms with Crippen molar-refractivity contribution in [3.05, 3.63) is 34.9 Å². The molecule has 19 heavy (non-hydrogen) atoms. The summed E-state index contributed by atoms with van der Waals surface area (Å²) in [7, 11) is 0. The molecule has 1 aliphatic carbocycles. The number of amides is 1. The number of carbonyl (C=O) groups excluding carboxylic acids is 1. The Balaban J connectivity index is 1.95. The van der Waals surface area contributed by atoms with Gasteiger partial charge in [0.15, 0.2) is 0 Å². The maximum atomic E-state index is 12.2. The first-order valence-corrected chi connectivity index (χ1v) is 7.19. The van der Waals surface area contributed by atoms with E-state index in [2.05, 4.69) is 5.32 Å². The molecule has 0 aliphatic heterocycles. The van der Waals surface area contributed by atoms with Crippen LogP contribution in [-0.4, -0.2) is 18.5 Å². The van der Waals surface area contributed by atoms with Gasteiger partial charge in [0.2, 0.25) is 0 Å². The lowest BCUT2D eigenvalue weighted by molar-refractivity contribution is 0.0940. The van der Waals surface area contributed by atoms with Crippen LogP contribution in [0.15, 0.2) is 18.2 Å². The summed E-state index contributed by atoms with van der Waals surface area (Å²) in [6.45, 7) is 4.68. The summed E-state index contributed by atoms with van der Waals surface area (Å²) in [5.41, 5.74) is 9.03. The van der Waals surface area contributed by atoms with Crippen LogP contribution in [0.4, 0.5) is 0 Å². The second kappa shape index (κ2) is 6.20. The summed E-state index contributed by atoms with van der Waals surface area (Å²) >= 11 is 0. The minimum atomic E-state index is 0.0268. The molecule has 1 aromatic rings. The monoisotopic (exact) mass is 260 g/mol. The Labute approximate surface area is 115 Å². The fourth-order valence-electron chi connectivity index (χ4n) is 2.79. The Bertz CT molecular complexity index is 456. The molecule has 3 N–H and O–H groups in total. The summed E-state index contributed by atoms with van der Waals surface area (Å²) in [4.78, 5) is 12.2. The Morgan fingerprint density at radius 3 is 2.79 bits per heavy atom. The molecule has 0 heterocycles. The molecule has 0 saturated heterocycles. The number of hydrogen-bond acceptors (Lipinski definition) is 2. The van der Waals surface area contributed by atoms with Gasteiger partial charge in [-0.25, -0.2) is 0 Å². The molecule has 2 unspecified atom stereocenters. The predicted molar refractivity (Wildman–Crippen MR) is 78.2 cm³/mol. The lowest BCUT2D eigenvalue weighted by Gasteiger charge is -2.28. The van der Waals surface area contributed by atoms with E-state index in [1.807, 2.05) is 32.0 Å². The van der Waals surface area contributed by atoms with Crippen LogP contribution < -0.4 is 11.1 Å². The van der Waals surface area contributed by atoms with Gasteiger partial charge in [0.25, 0.3) is 5.91 Å². The average molecular weight is 260 g/mol. The van der Waals surface area contributed by atoms with E-state index in [-0.39, 0.29) is 11.9 Å². The molecule has 1 aliphatic rings. The van der Waals surface area contributed by atoms with Crippen molar-refractivity contribution >= 4 is 5.91 Å². The molecule has 3 heteroatoms. The summed E-state index contributed by atoms with van der Waals surface area (Å²) < 4.78 is 0. The van der Waals surface area contributed by atoms with Crippen LogP contribution in [0.5, 0.6) is 0 Å². The van der Waals surface area contributed by atoms with Crippen molar-refractivity contribution < 1.29 is 4.79 Å². The highest BCUT2D eigenvalue weighted by atomic mass is 16.1. The molecule has 0 aromatic heterocycles. The molecule has 0 bridgehead atoms. The van der Waals surface area contributed by atoms with Gasteiger partial charge in [0.1, 0.15) is 0 Å². The first-order chi connectivity index (χ1) is 9.08. The first-order valence-electron chi connectivity index (χ1n) is 7.19. The zero-order chi connectivity index (χ0) is 13.8. The summed E-state index contributed by atoms with van der Waals surface area (Å²) in [6, 6.07) is 6.22. The van der Waals surface area contributed by atoms with Gasteiger partial charge in [-0.2, -0.15) is 0 Å². The Hall–Kier alpha value is -1.35. The topological polar surface area (TPSA) is 55.1 Å². The average Bonchev–Trinajstić information content (AvgIpc) is 2.40. The van der Waals surface area contributed by atoms with Crippen LogP contribution in [0.2, 0.25) is 0 Å². The number of nitrogens with two attached hydrogens (primary N) is 1. The maximum Gasteiger partial charge on any atom is 0.251 e. The Morgan fingerprint density at radius 2 is 2.05 bits per heavy atom. The smallest absolute Gasteiger partial charge is 0.251 e. The molecule has 1 aromatic carbocycles. The summed E-state index contributed by atoms with van der Waals surface area (Å²) in [5, 5.41) is 3.05. The zero-order valence-corrected chi connectivity index (χ0v) is 11.9. The van der Waals surface area contributed by atoms with Crippen LogP contribution in [0.25, 0.3) is 0 Å². The van der Waals surface area contributed by atoms with Gasteiger partial charge in [-0.3, -0.25) is 4.79 Å². The van der Waals surface area contributed by atoms with E-state index in [0.29, 0.717) is 12.5 Å². The van der Waals surface area contributed by atoms with E-state index >= 15 is 0 Å². The second-order valence-corrected chi connectivity index (χ2v) is 5.74. The molecule has 2 rings (SSSR count). The van der Waals surface area contributed by atoms with Gasteiger partial charge >= 0.3 is 0 Å². The number of rotatable bonds is 3. The lowest BCUT2D eigenvalue weighted by Crippen LogP contribution is -2.41. The highest BCUT2D eigenvalue weighted by molar-refractivity contribution is 5.95. The number of nitrogens with one attached hydrogen (secondary N) is 1. The highest BCUT2D eigenvalue weighted by Crippen LogP contribution is 2.22. The maximum absolute atomic E-state index is 12.2. The first kappa shape index (κ1) is 14.1. The van der Waals surface area contributed by atoms with Gasteiger partial charge in [-0.1, -0.05) is 30.5 Å². The number of aryl methyl sites for hydroxylation is 2. The minimum absolute atomic E-state index is 0.0268. The Morgan fingerprint density at radius 1 is 1.32 bits per heavy atom. The van der Waals surface area contributed by atoms with Crippen molar-refractivity contribution in [2.45, 2.75) is 45.6 Å². The number of hydrogen-bond donors (Lipinski definition) is 2. The second-order valence-electron chi connectivity index (χ2n) is 5.74. The molecule has 1 fully saturated rings. The molecule has 0 spiro atoms. The van der Waals surface area contributed by atoms with Crippen molar-refractivity contribution in [1.29, 1.82) is 0 Å². The minimum Gasteiger partial charge on any atom is -0.352 e. The predicted octanol–water partition coefficient (Wildman–Crippen LogP) is 2.55. The van der Waals surface area contributed by atoms with E-state index in [0.717, 1.165) is 29.5 Å². The van der Waals surface area contributed by atoms with Gasteiger partial charge in [0.05, 0.1) is 0 Å². The highest BCUT2D eigenvalue weighted by Gasteiger charge is 2.22. The SMILES string of the molecule is Cc1ccc(C)c(C(=O)NCC2CCCCC2N)c1. The number of carbonyl (C=O) groups is 1. The zero-order valence-electron chi connectivity index (χ0n) is 11.9. The van der Waals surface area contributed by atoms with Crippen LogP contribution >= 0.6 is 0 Å². The molecule has 104 valence electrons. The summed E-state index contributed by atoms with van der Waals surface area (Å²) in [5.74, 6) is 0.460. The normalized spacial score (nSPS) is 23.1. The van der Waals surface area contributed by atoms with E-state index in [4.69, 9.17) is 5.73 Å². The van der Waals surface area contributed by atoms with Crippen molar-refractivity contribution in [3.63, 3.8) is 0 Å². The molecule has 3 nitrogen and oxygen atoms in total. The Kier molecular flexibility index (Phi) is 4.59. The molecule has 1 amide bonds. The molecule has 1 saturated carbocycles. The molecular formula is C16H24N2O. The van der Waals surface area contributed by atoms with Crippen LogP contribution in [0.3, 0.4) is 0 Å². The van der Waals surface area contributed by atoms with Gasteiger partial charge < -0.3 is 11.1 Å². The third kappa shape index (κ3) is 3.57. The van der Waals surface area contributed by atoms with Crippen LogP contribution in [0.1, 0.15) is 47.2 Å². The van der Waals surface area contributed by atoms with Gasteiger partial charge in [-0.05, 0) is 44.2 Å². The van der Waals surface area contributed by atoms with Gasteiger partial charge in [0, 0.05) is 18.2 Å². The lowest BCUT2D eigenvalue weighted by atomic mass is 9.85. The van der Waals surface area contributed by atoms with E-state index in [1.165, 1.54) is 12.8 Å². The third-order valence-electron chi connectivity index (χ3n) is 4.13. The van der Waals surface area contributed by atoms with Gasteiger partial charge in [-0.15, -0.1) is 0 Å². The fourth-order valence-corrected chi connectivity index (χ4v) is 2.79. The van der Waals surface area contributed by atoms with Crippen LogP contribution in [0, 0.1) is 19.8 Å². The van der Waals surface area contributed by atoms with Crippen molar-refractivity contribution in [1.82, 2.24) is 5.32 Å². The van der Waals surface area contributed by atoms with Crippen molar-refractivity contribution in [2.75, 3.05) is 6.54 Å². The van der Waals surface area contributed by atoms with Crippen LogP contribution in [-0.2, 0) is 0 Å². The number of benzene rings is 1. The summed E-state index contributed by atoms with van der Waals surface area (Å²) in [6.07, 6.45) is 4.68. The fraction of sp³-hybridized carbons (Fsp3) is 0.562. The van der Waals surface area contributed by atoms with Crippen molar-refractivity contribution in [2.24, 2.45) is 11.7 Å². The van der Waals surface area contributed by atoms with E-state index in [9.17, 15) is 4.79 Å². The molecular weight excluding hydrogens is 236 g/mol. The third-order valence-corrected chi connectivity index (χ3v) is 4.13. The largest absolute Gasteiger partial charge is 0.352 e. The standard InChI is InChI=1S/C16H24N2O/c1-11-7-8-12(2)14(9-11)16(19)18-10-13-5-3-4-6-15(13)17/h7-9,13,15H,3-6,10,17H2,1-2H3,(H,18,19). The molecule has 2 atom stereocenters. The quantitative estimate of drug-likeness (QED) is 0.877. The van der Waals surface area contributed by atoms with Crippen molar-refractivity contribution in [3.8, 4) is 0 Å². The van der Waals surface area contributed by atoms with E-state index in [1.54, 1.807) is 0 Å². The van der Waals surface area contributed by atoms with E-state index < -0.39 is 0 Å².